The molecule has 0 atom stereocenters. The normalized spacial score (nSPS) is 14.1. The van der Waals surface area contributed by atoms with Crippen molar-refractivity contribution in [2.24, 2.45) is 12.8 Å². The van der Waals surface area contributed by atoms with Crippen LogP contribution in [0.3, 0.4) is 0 Å². The van der Waals surface area contributed by atoms with Crippen molar-refractivity contribution < 1.29 is 9.53 Å². The number of nitrogens with zero attached hydrogens (tertiary/aromatic N) is 3. The monoisotopic (exact) mass is 286 g/mol. The Hall–Kier alpha value is -2.37. The Morgan fingerprint density at radius 3 is 2.86 bits per heavy atom. The second kappa shape index (κ2) is 5.55. The molecule has 3 rings (SSSR count). The highest BCUT2D eigenvalue weighted by Gasteiger charge is 2.29. The van der Waals surface area contributed by atoms with E-state index in [1.54, 1.807) is 0 Å². The molecule has 1 aliphatic carbocycles. The van der Waals surface area contributed by atoms with Gasteiger partial charge in [0.1, 0.15) is 18.2 Å². The summed E-state index contributed by atoms with van der Waals surface area (Å²) in [4.78, 5) is 11.1. The average Bonchev–Trinajstić information content (AvgIpc) is 3.22. The number of hydrogen-bond donors (Lipinski definition) is 1. The second-order valence-corrected chi connectivity index (χ2v) is 5.35. The van der Waals surface area contributed by atoms with Crippen LogP contribution in [0, 0.1) is 0 Å². The number of carbonyl (C=O) groups is 1. The van der Waals surface area contributed by atoms with Crippen molar-refractivity contribution in [3.05, 3.63) is 41.5 Å². The summed E-state index contributed by atoms with van der Waals surface area (Å²) in [5, 5.41) is 8.40. The van der Waals surface area contributed by atoms with E-state index in [1.165, 1.54) is 12.8 Å². The van der Waals surface area contributed by atoms with Crippen molar-refractivity contribution in [2.75, 3.05) is 0 Å². The largest absolute Gasteiger partial charge is 0.485 e. The lowest BCUT2D eigenvalue weighted by atomic mass is 10.1. The van der Waals surface area contributed by atoms with Crippen molar-refractivity contribution in [2.45, 2.75) is 31.8 Å². The summed E-state index contributed by atoms with van der Waals surface area (Å²) >= 11 is 0. The fourth-order valence-electron chi connectivity index (χ4n) is 2.32. The maximum atomic E-state index is 11.1. The quantitative estimate of drug-likeness (QED) is 0.867. The third kappa shape index (κ3) is 3.04. The molecule has 21 heavy (non-hydrogen) atoms. The van der Waals surface area contributed by atoms with Crippen LogP contribution in [-0.4, -0.2) is 20.7 Å². The van der Waals surface area contributed by atoms with Gasteiger partial charge in [0.05, 0.1) is 6.42 Å². The van der Waals surface area contributed by atoms with Crippen LogP contribution < -0.4 is 10.5 Å². The van der Waals surface area contributed by atoms with E-state index in [2.05, 4.69) is 10.2 Å². The van der Waals surface area contributed by atoms with Gasteiger partial charge in [0.15, 0.2) is 5.82 Å². The van der Waals surface area contributed by atoms with Crippen LogP contribution in [0.5, 0.6) is 5.75 Å². The number of aromatic nitrogens is 3. The molecule has 1 fully saturated rings. The van der Waals surface area contributed by atoms with Crippen LogP contribution in [0.15, 0.2) is 24.3 Å². The zero-order valence-electron chi connectivity index (χ0n) is 12.0. The first-order valence-electron chi connectivity index (χ1n) is 7.02. The summed E-state index contributed by atoms with van der Waals surface area (Å²) < 4.78 is 7.78. The Balaban J connectivity index is 1.71. The van der Waals surface area contributed by atoms with Crippen molar-refractivity contribution in [3.63, 3.8) is 0 Å². The van der Waals surface area contributed by atoms with Gasteiger partial charge in [0.2, 0.25) is 5.91 Å². The number of amides is 1. The molecular weight excluding hydrogens is 268 g/mol. The maximum absolute atomic E-state index is 11.1. The first kappa shape index (κ1) is 13.6. The Kier molecular flexibility index (Phi) is 3.60. The summed E-state index contributed by atoms with van der Waals surface area (Å²) in [6, 6.07) is 7.40. The van der Waals surface area contributed by atoms with Crippen molar-refractivity contribution in [1.29, 1.82) is 0 Å². The minimum atomic E-state index is -0.374. The average molecular weight is 286 g/mol. The van der Waals surface area contributed by atoms with Gasteiger partial charge in [-0.3, -0.25) is 4.79 Å². The molecule has 0 spiro atoms. The summed E-state index contributed by atoms with van der Waals surface area (Å²) in [5.41, 5.74) is 6.03. The Morgan fingerprint density at radius 2 is 2.14 bits per heavy atom. The van der Waals surface area contributed by atoms with E-state index >= 15 is 0 Å². The molecule has 0 radical (unpaired) electrons. The molecule has 2 N–H and O–H groups in total. The molecule has 1 amide bonds. The predicted octanol–water partition coefficient (Wildman–Crippen LogP) is 1.30. The third-order valence-corrected chi connectivity index (χ3v) is 3.64. The summed E-state index contributed by atoms with van der Waals surface area (Å²) in [7, 11) is 1.96. The number of carbonyl (C=O) groups excluding carboxylic acids is 1. The van der Waals surface area contributed by atoms with Gasteiger partial charge in [-0.05, 0) is 18.9 Å². The molecule has 0 bridgehead atoms. The first-order chi connectivity index (χ1) is 10.1. The number of primary amides is 1. The standard InChI is InChI=1S/C15H18N4O2/c1-19-14(17-18-15(19)10-6-7-10)9-21-12-5-3-2-4-11(12)8-13(16)20/h2-5,10H,6-9H2,1H3,(H2,16,20). The molecule has 1 aromatic heterocycles. The summed E-state index contributed by atoms with van der Waals surface area (Å²) in [6.45, 7) is 0.325. The number of nitrogens with two attached hydrogens (primary N) is 1. The number of benzene rings is 1. The number of hydrogen-bond acceptors (Lipinski definition) is 4. The summed E-state index contributed by atoms with van der Waals surface area (Å²) in [6.07, 6.45) is 2.55. The van der Waals surface area contributed by atoms with E-state index in [9.17, 15) is 4.79 Å². The van der Waals surface area contributed by atoms with Crippen LogP contribution in [0.4, 0.5) is 0 Å². The van der Waals surface area contributed by atoms with E-state index in [4.69, 9.17) is 10.5 Å². The Bertz CT molecular complexity index is 661. The molecule has 0 saturated heterocycles. The lowest BCUT2D eigenvalue weighted by Gasteiger charge is -2.10. The topological polar surface area (TPSA) is 83.0 Å². The Labute approximate surface area is 122 Å². The fraction of sp³-hybridized carbons (Fsp3) is 0.400. The van der Waals surface area contributed by atoms with Gasteiger partial charge >= 0.3 is 0 Å². The molecule has 1 saturated carbocycles. The summed E-state index contributed by atoms with van der Waals surface area (Å²) in [5.74, 6) is 2.65. The highest BCUT2D eigenvalue weighted by molar-refractivity contribution is 5.77. The van der Waals surface area contributed by atoms with E-state index in [-0.39, 0.29) is 12.3 Å². The lowest BCUT2D eigenvalue weighted by Crippen LogP contribution is -2.14. The van der Waals surface area contributed by atoms with Crippen LogP contribution in [0.2, 0.25) is 0 Å². The lowest BCUT2D eigenvalue weighted by molar-refractivity contribution is -0.117. The van der Waals surface area contributed by atoms with Gasteiger partial charge in [-0.1, -0.05) is 18.2 Å². The van der Waals surface area contributed by atoms with Gasteiger partial charge < -0.3 is 15.0 Å². The van der Waals surface area contributed by atoms with Crippen molar-refractivity contribution in [3.8, 4) is 5.75 Å². The fourth-order valence-corrected chi connectivity index (χ4v) is 2.32. The van der Waals surface area contributed by atoms with Crippen LogP contribution in [0.25, 0.3) is 0 Å². The first-order valence-corrected chi connectivity index (χ1v) is 7.02. The van der Waals surface area contributed by atoms with Crippen LogP contribution >= 0.6 is 0 Å². The van der Waals surface area contributed by atoms with E-state index in [1.807, 2.05) is 35.9 Å². The molecule has 110 valence electrons. The second-order valence-electron chi connectivity index (χ2n) is 5.35. The molecular formula is C15H18N4O2. The molecule has 2 aromatic rings. The van der Waals surface area contributed by atoms with E-state index < -0.39 is 0 Å². The SMILES string of the molecule is Cn1c(COc2ccccc2CC(N)=O)nnc1C1CC1. The predicted molar refractivity (Wildman–Crippen MR) is 76.7 cm³/mol. The van der Waals surface area contributed by atoms with Crippen molar-refractivity contribution in [1.82, 2.24) is 14.8 Å². The minimum absolute atomic E-state index is 0.169. The van der Waals surface area contributed by atoms with Gasteiger partial charge in [0.25, 0.3) is 0 Å². The molecule has 1 aromatic carbocycles. The zero-order chi connectivity index (χ0) is 14.8. The molecule has 0 aliphatic heterocycles. The smallest absolute Gasteiger partial charge is 0.221 e. The van der Waals surface area contributed by atoms with Gasteiger partial charge in [-0.25, -0.2) is 0 Å². The number of rotatable bonds is 6. The molecule has 1 heterocycles. The molecule has 0 unspecified atom stereocenters. The number of para-hydroxylation sites is 1. The van der Waals surface area contributed by atoms with Crippen LogP contribution in [-0.2, 0) is 24.9 Å². The highest BCUT2D eigenvalue weighted by Crippen LogP contribution is 2.38. The minimum Gasteiger partial charge on any atom is -0.485 e. The molecule has 6 nitrogen and oxygen atoms in total. The Morgan fingerprint density at radius 1 is 1.38 bits per heavy atom. The van der Waals surface area contributed by atoms with Gasteiger partial charge in [-0.2, -0.15) is 0 Å². The zero-order valence-corrected chi connectivity index (χ0v) is 12.0. The van der Waals surface area contributed by atoms with E-state index in [0.717, 1.165) is 17.2 Å². The molecule has 1 aliphatic rings. The highest BCUT2D eigenvalue weighted by atomic mass is 16.5. The number of ether oxygens (including phenoxy) is 1. The molecule has 6 heteroatoms. The van der Waals surface area contributed by atoms with Crippen molar-refractivity contribution >= 4 is 5.91 Å². The maximum Gasteiger partial charge on any atom is 0.221 e. The van der Waals surface area contributed by atoms with E-state index in [0.29, 0.717) is 18.3 Å². The van der Waals surface area contributed by atoms with Crippen LogP contribution in [0.1, 0.15) is 36.0 Å². The van der Waals surface area contributed by atoms with Gasteiger partial charge in [-0.15, -0.1) is 10.2 Å². The third-order valence-electron chi connectivity index (χ3n) is 3.64. The van der Waals surface area contributed by atoms with Gasteiger partial charge in [0, 0.05) is 18.5 Å².